The summed E-state index contributed by atoms with van der Waals surface area (Å²) in [7, 11) is 1.39. The molecule has 0 spiro atoms. The van der Waals surface area contributed by atoms with Crippen LogP contribution in [0, 0.1) is 5.82 Å². The van der Waals surface area contributed by atoms with Gasteiger partial charge in [0, 0.05) is 23.8 Å². The molecule has 0 amide bonds. The third-order valence-corrected chi connectivity index (χ3v) is 5.61. The molecule has 0 aliphatic heterocycles. The molecule has 31 heavy (non-hydrogen) atoms. The number of aromatic amines is 1. The Morgan fingerprint density at radius 2 is 1.97 bits per heavy atom. The van der Waals surface area contributed by atoms with Gasteiger partial charge >= 0.3 is 5.97 Å². The zero-order chi connectivity index (χ0) is 21.9. The SMILES string of the molecule is COc1c(-c2ccc3[nH]c(=O)ccc3c2)c(F)cc2c(=O)c(C(=O)O)cn(C3CC3)c12. The first-order chi connectivity index (χ1) is 14.9. The lowest BCUT2D eigenvalue weighted by atomic mass is 9.98. The summed E-state index contributed by atoms with van der Waals surface area (Å²) in [6, 6.07) is 9.20. The molecule has 5 rings (SSSR count). The highest BCUT2D eigenvalue weighted by Crippen LogP contribution is 2.44. The Morgan fingerprint density at radius 3 is 2.65 bits per heavy atom. The van der Waals surface area contributed by atoms with E-state index in [9.17, 15) is 19.5 Å². The van der Waals surface area contributed by atoms with E-state index in [-0.39, 0.29) is 28.3 Å². The molecule has 1 saturated carbocycles. The van der Waals surface area contributed by atoms with Gasteiger partial charge < -0.3 is 19.4 Å². The van der Waals surface area contributed by atoms with Crippen LogP contribution in [-0.4, -0.2) is 27.7 Å². The van der Waals surface area contributed by atoms with Crippen molar-refractivity contribution < 1.29 is 19.0 Å². The normalized spacial score (nSPS) is 13.6. The minimum Gasteiger partial charge on any atom is -0.494 e. The van der Waals surface area contributed by atoms with E-state index in [1.165, 1.54) is 19.4 Å². The van der Waals surface area contributed by atoms with Gasteiger partial charge in [-0.05, 0) is 48.1 Å². The molecule has 2 N–H and O–H groups in total. The summed E-state index contributed by atoms with van der Waals surface area (Å²) in [5.74, 6) is -1.89. The largest absolute Gasteiger partial charge is 0.494 e. The number of pyridine rings is 2. The summed E-state index contributed by atoms with van der Waals surface area (Å²) >= 11 is 0. The first-order valence-electron chi connectivity index (χ1n) is 9.71. The van der Waals surface area contributed by atoms with Crippen LogP contribution in [-0.2, 0) is 0 Å². The van der Waals surface area contributed by atoms with Crippen LogP contribution < -0.4 is 15.7 Å². The predicted molar refractivity (Wildman–Crippen MR) is 114 cm³/mol. The van der Waals surface area contributed by atoms with Crippen molar-refractivity contribution in [3.63, 3.8) is 0 Å². The van der Waals surface area contributed by atoms with Crippen molar-refractivity contribution in [2.75, 3.05) is 7.11 Å². The van der Waals surface area contributed by atoms with Crippen molar-refractivity contribution in [1.82, 2.24) is 9.55 Å². The molecule has 7 nitrogen and oxygen atoms in total. The van der Waals surface area contributed by atoms with E-state index in [0.717, 1.165) is 18.9 Å². The van der Waals surface area contributed by atoms with E-state index in [1.54, 1.807) is 28.8 Å². The number of H-pyrrole nitrogens is 1. The molecule has 2 heterocycles. The molecular formula is C23H17FN2O5. The van der Waals surface area contributed by atoms with E-state index in [1.807, 2.05) is 0 Å². The van der Waals surface area contributed by atoms with E-state index in [2.05, 4.69) is 4.98 Å². The Kier molecular flexibility index (Phi) is 4.18. The number of benzene rings is 2. The topological polar surface area (TPSA) is 101 Å². The first kappa shape index (κ1) is 19.0. The lowest BCUT2D eigenvalue weighted by Crippen LogP contribution is -2.19. The number of aromatic nitrogens is 2. The van der Waals surface area contributed by atoms with Gasteiger partial charge in [-0.3, -0.25) is 9.59 Å². The van der Waals surface area contributed by atoms with E-state index in [4.69, 9.17) is 4.74 Å². The fraction of sp³-hybridized carbons (Fsp3) is 0.174. The zero-order valence-electron chi connectivity index (χ0n) is 16.4. The molecule has 2 aromatic carbocycles. The maximum atomic E-state index is 15.3. The van der Waals surface area contributed by atoms with Gasteiger partial charge in [-0.15, -0.1) is 0 Å². The highest BCUT2D eigenvalue weighted by Gasteiger charge is 2.30. The number of hydrogen-bond donors (Lipinski definition) is 2. The van der Waals surface area contributed by atoms with Gasteiger partial charge in [0.05, 0.1) is 23.6 Å². The van der Waals surface area contributed by atoms with Crippen LogP contribution in [0.5, 0.6) is 5.75 Å². The van der Waals surface area contributed by atoms with Gasteiger partial charge in [-0.25, -0.2) is 9.18 Å². The summed E-state index contributed by atoms with van der Waals surface area (Å²) < 4.78 is 22.6. The van der Waals surface area contributed by atoms with E-state index < -0.39 is 22.8 Å². The number of nitrogens with one attached hydrogen (secondary N) is 1. The molecule has 1 aliphatic carbocycles. The summed E-state index contributed by atoms with van der Waals surface area (Å²) in [5.41, 5.74) is 0.267. The summed E-state index contributed by atoms with van der Waals surface area (Å²) in [5, 5.41) is 10.1. The first-order valence-corrected chi connectivity index (χ1v) is 9.71. The van der Waals surface area contributed by atoms with Gasteiger partial charge in [0.1, 0.15) is 11.4 Å². The number of nitrogens with zero attached hydrogens (tertiary/aromatic N) is 1. The Labute approximate surface area is 174 Å². The average molecular weight is 420 g/mol. The number of carboxylic acids is 1. The monoisotopic (exact) mass is 420 g/mol. The molecule has 8 heteroatoms. The predicted octanol–water partition coefficient (Wildman–Crippen LogP) is 3.69. The molecular weight excluding hydrogens is 403 g/mol. The van der Waals surface area contributed by atoms with Crippen LogP contribution in [0.15, 0.2) is 52.2 Å². The van der Waals surface area contributed by atoms with Gasteiger partial charge in [-0.1, -0.05) is 6.07 Å². The molecule has 2 aromatic heterocycles. The highest BCUT2D eigenvalue weighted by molar-refractivity contribution is 5.98. The van der Waals surface area contributed by atoms with Crippen LogP contribution in [0.1, 0.15) is 29.2 Å². The third kappa shape index (κ3) is 2.99. The number of hydrogen-bond acceptors (Lipinski definition) is 4. The van der Waals surface area contributed by atoms with Gasteiger partial charge in [0.2, 0.25) is 11.0 Å². The van der Waals surface area contributed by atoms with Crippen molar-refractivity contribution in [3.05, 3.63) is 74.6 Å². The van der Waals surface area contributed by atoms with Crippen LogP contribution in [0.2, 0.25) is 0 Å². The summed E-state index contributed by atoms with van der Waals surface area (Å²) in [6.07, 6.45) is 2.98. The Hall–Kier alpha value is -3.94. The molecule has 0 saturated heterocycles. The van der Waals surface area contributed by atoms with Crippen molar-refractivity contribution >= 4 is 27.8 Å². The maximum absolute atomic E-state index is 15.3. The molecule has 156 valence electrons. The number of rotatable bonds is 4. The second-order valence-electron chi connectivity index (χ2n) is 7.60. The van der Waals surface area contributed by atoms with Crippen LogP contribution in [0.25, 0.3) is 32.9 Å². The molecule has 0 atom stereocenters. The van der Waals surface area contributed by atoms with E-state index >= 15 is 4.39 Å². The molecule has 4 aromatic rings. The Balaban J connectivity index is 1.87. The number of aromatic carboxylic acids is 1. The second kappa shape index (κ2) is 6.80. The number of carbonyl (C=O) groups is 1. The van der Waals surface area contributed by atoms with Crippen molar-refractivity contribution in [2.24, 2.45) is 0 Å². The quantitative estimate of drug-likeness (QED) is 0.524. The number of ether oxygens (including phenoxy) is 1. The smallest absolute Gasteiger partial charge is 0.341 e. The molecule has 0 radical (unpaired) electrons. The molecule has 0 bridgehead atoms. The number of fused-ring (bicyclic) bond motifs is 2. The fourth-order valence-electron chi connectivity index (χ4n) is 4.02. The van der Waals surface area contributed by atoms with Crippen molar-refractivity contribution in [3.8, 4) is 16.9 Å². The Morgan fingerprint density at radius 1 is 1.19 bits per heavy atom. The average Bonchev–Trinajstić information content (AvgIpc) is 3.58. The van der Waals surface area contributed by atoms with Gasteiger partial charge in [-0.2, -0.15) is 0 Å². The lowest BCUT2D eigenvalue weighted by molar-refractivity contribution is 0.0695. The minimum absolute atomic E-state index is 0.0232. The zero-order valence-corrected chi connectivity index (χ0v) is 16.4. The maximum Gasteiger partial charge on any atom is 0.341 e. The highest BCUT2D eigenvalue weighted by atomic mass is 19.1. The summed E-state index contributed by atoms with van der Waals surface area (Å²) in [6.45, 7) is 0. The number of halogens is 1. The lowest BCUT2D eigenvalue weighted by Gasteiger charge is -2.18. The van der Waals surface area contributed by atoms with Gasteiger partial charge in [0.15, 0.2) is 5.75 Å². The molecule has 1 aliphatic rings. The van der Waals surface area contributed by atoms with Crippen LogP contribution in [0.4, 0.5) is 4.39 Å². The van der Waals surface area contributed by atoms with Crippen LogP contribution >= 0.6 is 0 Å². The fourth-order valence-corrected chi connectivity index (χ4v) is 4.02. The minimum atomic E-state index is -1.35. The number of carboxylic acid groups (broad SMARTS) is 1. The Bertz CT molecular complexity index is 1510. The summed E-state index contributed by atoms with van der Waals surface area (Å²) in [4.78, 5) is 38.6. The van der Waals surface area contributed by atoms with Crippen LogP contribution in [0.3, 0.4) is 0 Å². The molecule has 0 unspecified atom stereocenters. The van der Waals surface area contributed by atoms with Gasteiger partial charge in [0.25, 0.3) is 0 Å². The van der Waals surface area contributed by atoms with Crippen molar-refractivity contribution in [1.29, 1.82) is 0 Å². The van der Waals surface area contributed by atoms with Crippen molar-refractivity contribution in [2.45, 2.75) is 18.9 Å². The third-order valence-electron chi connectivity index (χ3n) is 5.61. The standard InChI is InChI=1S/C23H17FN2O5/c1-31-22-19(12-2-6-17-11(8-12)3-7-18(27)25-17)16(24)9-14-20(22)26(13-4-5-13)10-15(21(14)28)23(29)30/h2-3,6-10,13H,4-5H2,1H3,(H,25,27)(H,29,30). The number of methoxy groups -OCH3 is 1. The molecule has 1 fully saturated rings. The second-order valence-corrected chi connectivity index (χ2v) is 7.60. The van der Waals surface area contributed by atoms with E-state index in [0.29, 0.717) is 22.0 Å².